The van der Waals surface area contributed by atoms with Crippen molar-refractivity contribution in [1.82, 2.24) is 9.97 Å². The number of aromatic nitrogens is 2. The molecule has 10 heteroatoms. The highest BCUT2D eigenvalue weighted by Gasteiger charge is 2.38. The predicted molar refractivity (Wildman–Crippen MR) is 90.6 cm³/mol. The molecule has 2 aromatic rings. The Morgan fingerprint density at radius 3 is 2.11 bits per heavy atom. The Hall–Kier alpha value is -2.36. The van der Waals surface area contributed by atoms with E-state index in [-0.39, 0.29) is 24.1 Å². The highest BCUT2D eigenvalue weighted by Crippen LogP contribution is 2.37. The molecule has 0 saturated heterocycles. The summed E-state index contributed by atoms with van der Waals surface area (Å²) in [6.45, 7) is 2.81. The molecule has 0 radical (unpaired) electrons. The van der Waals surface area contributed by atoms with Crippen LogP contribution in [0.3, 0.4) is 0 Å². The number of hydrogen-bond donors (Lipinski definition) is 1. The maximum absolute atomic E-state index is 13.4. The third-order valence-electron chi connectivity index (χ3n) is 3.97. The van der Waals surface area contributed by atoms with Crippen molar-refractivity contribution >= 4 is 5.95 Å². The number of halogens is 6. The summed E-state index contributed by atoms with van der Waals surface area (Å²) in [4.78, 5) is 9.47. The summed E-state index contributed by atoms with van der Waals surface area (Å²) in [6.07, 6.45) is -7.10. The van der Waals surface area contributed by atoms with E-state index < -0.39 is 36.1 Å². The van der Waals surface area contributed by atoms with Gasteiger partial charge in [0.2, 0.25) is 5.95 Å². The molecule has 0 aliphatic rings. The van der Waals surface area contributed by atoms with Crippen molar-refractivity contribution in [2.75, 3.05) is 11.4 Å². The van der Waals surface area contributed by atoms with Gasteiger partial charge in [-0.3, -0.25) is 0 Å². The van der Waals surface area contributed by atoms with Crippen LogP contribution in [0.15, 0.2) is 30.6 Å². The number of rotatable bonds is 6. The van der Waals surface area contributed by atoms with Crippen LogP contribution in [0.5, 0.6) is 0 Å². The normalized spacial score (nSPS) is 13.5. The second-order valence-electron chi connectivity index (χ2n) is 6.34. The lowest BCUT2D eigenvalue weighted by atomic mass is 10.0. The number of benzene rings is 1. The van der Waals surface area contributed by atoms with E-state index in [9.17, 15) is 31.4 Å². The van der Waals surface area contributed by atoms with Crippen LogP contribution in [0.25, 0.3) is 0 Å². The third kappa shape index (κ3) is 5.57. The largest absolute Gasteiger partial charge is 0.416 e. The van der Waals surface area contributed by atoms with Crippen LogP contribution < -0.4 is 4.90 Å². The molecule has 4 nitrogen and oxygen atoms in total. The molecule has 1 unspecified atom stereocenters. The molecule has 0 bridgehead atoms. The second-order valence-corrected chi connectivity index (χ2v) is 6.34. The van der Waals surface area contributed by atoms with E-state index in [0.29, 0.717) is 12.5 Å². The molecule has 1 heterocycles. The van der Waals surface area contributed by atoms with Crippen molar-refractivity contribution in [3.63, 3.8) is 0 Å². The van der Waals surface area contributed by atoms with Crippen molar-refractivity contribution in [2.24, 2.45) is 0 Å². The van der Waals surface area contributed by atoms with Crippen molar-refractivity contribution < 1.29 is 31.4 Å². The van der Waals surface area contributed by atoms with E-state index in [1.54, 1.807) is 0 Å². The summed E-state index contributed by atoms with van der Waals surface area (Å²) in [5.41, 5.74) is -2.33. The molecule has 28 heavy (non-hydrogen) atoms. The second kappa shape index (κ2) is 8.34. The van der Waals surface area contributed by atoms with Gasteiger partial charge in [0.25, 0.3) is 0 Å². The van der Waals surface area contributed by atoms with Gasteiger partial charge in [0.1, 0.15) is 0 Å². The maximum Gasteiger partial charge on any atom is 0.416 e. The molecule has 1 N–H and O–H groups in total. The van der Waals surface area contributed by atoms with Gasteiger partial charge in [-0.2, -0.15) is 26.3 Å². The van der Waals surface area contributed by atoms with E-state index >= 15 is 0 Å². The van der Waals surface area contributed by atoms with E-state index in [2.05, 4.69) is 9.97 Å². The number of nitrogens with zero attached hydrogens (tertiary/aromatic N) is 3. The minimum absolute atomic E-state index is 0.0751. The molecule has 1 atom stereocenters. The van der Waals surface area contributed by atoms with Gasteiger partial charge in [-0.15, -0.1) is 0 Å². The van der Waals surface area contributed by atoms with E-state index in [1.807, 2.05) is 6.92 Å². The Morgan fingerprint density at radius 1 is 1.04 bits per heavy atom. The summed E-state index contributed by atoms with van der Waals surface area (Å²) in [5.74, 6) is 0.0751. The molecule has 0 fully saturated rings. The van der Waals surface area contributed by atoms with Gasteiger partial charge in [0.15, 0.2) is 0 Å². The first-order chi connectivity index (χ1) is 12.9. The molecule has 1 aromatic heterocycles. The van der Waals surface area contributed by atoms with Gasteiger partial charge >= 0.3 is 12.4 Å². The lowest BCUT2D eigenvalue weighted by Crippen LogP contribution is -2.33. The smallest absolute Gasteiger partial charge is 0.392 e. The van der Waals surface area contributed by atoms with Gasteiger partial charge < -0.3 is 10.0 Å². The quantitative estimate of drug-likeness (QED) is 0.719. The molecular formula is C18H19F6N3O. The number of aliphatic hydroxyl groups excluding tert-OH is 1. The fraction of sp³-hybridized carbons (Fsp3) is 0.444. The maximum atomic E-state index is 13.4. The van der Waals surface area contributed by atoms with Crippen LogP contribution in [0.1, 0.15) is 36.1 Å². The Labute approximate surface area is 157 Å². The summed E-state index contributed by atoms with van der Waals surface area (Å²) < 4.78 is 78.6. The van der Waals surface area contributed by atoms with Crippen LogP contribution in [0.2, 0.25) is 0 Å². The zero-order chi connectivity index (χ0) is 21.1. The number of alkyl halides is 6. The lowest BCUT2D eigenvalue weighted by molar-refractivity contribution is -0.143. The average Bonchev–Trinajstić information content (AvgIpc) is 2.59. The van der Waals surface area contributed by atoms with Gasteiger partial charge in [0, 0.05) is 25.5 Å². The van der Waals surface area contributed by atoms with Crippen molar-refractivity contribution in [1.29, 1.82) is 0 Å². The summed E-state index contributed by atoms with van der Waals surface area (Å²) in [5, 5.41) is 9.67. The fourth-order valence-corrected chi connectivity index (χ4v) is 2.59. The standard InChI is InChI=1S/C18H19F6N3O/c1-3-12-7-25-16(26-8-12)27(9-11(2)28)10-13-4-5-14(17(19,20)21)6-15(13)18(22,23)24/h4-8,11,28H,3,9-10H2,1-2H3. The minimum atomic E-state index is -4.97. The molecule has 0 spiro atoms. The Kier molecular flexibility index (Phi) is 6.53. The van der Waals surface area contributed by atoms with Crippen LogP contribution in [-0.2, 0) is 25.3 Å². The van der Waals surface area contributed by atoms with E-state index in [4.69, 9.17) is 0 Å². The monoisotopic (exact) mass is 407 g/mol. The zero-order valence-corrected chi connectivity index (χ0v) is 15.1. The van der Waals surface area contributed by atoms with E-state index in [1.165, 1.54) is 24.2 Å². The van der Waals surface area contributed by atoms with Crippen LogP contribution in [0.4, 0.5) is 32.3 Å². The van der Waals surface area contributed by atoms with Gasteiger partial charge in [0.05, 0.1) is 17.2 Å². The summed E-state index contributed by atoms with van der Waals surface area (Å²) in [7, 11) is 0. The van der Waals surface area contributed by atoms with Gasteiger partial charge in [-0.05, 0) is 36.6 Å². The lowest BCUT2D eigenvalue weighted by Gasteiger charge is -2.26. The Bertz CT molecular complexity index is 787. The SMILES string of the molecule is CCc1cnc(N(Cc2ccc(C(F)(F)F)cc2C(F)(F)F)CC(C)O)nc1. The summed E-state index contributed by atoms with van der Waals surface area (Å²) in [6, 6.07) is 1.49. The van der Waals surface area contributed by atoms with Crippen molar-refractivity contribution in [3.8, 4) is 0 Å². The number of aliphatic hydroxyl groups is 1. The highest BCUT2D eigenvalue weighted by atomic mass is 19.4. The fourth-order valence-electron chi connectivity index (χ4n) is 2.59. The molecule has 0 saturated carbocycles. The van der Waals surface area contributed by atoms with E-state index in [0.717, 1.165) is 11.6 Å². The number of hydrogen-bond acceptors (Lipinski definition) is 4. The number of aryl methyl sites for hydroxylation is 1. The third-order valence-corrected chi connectivity index (χ3v) is 3.97. The average molecular weight is 407 g/mol. The Morgan fingerprint density at radius 2 is 1.64 bits per heavy atom. The molecule has 154 valence electrons. The van der Waals surface area contributed by atoms with Crippen LogP contribution in [-0.4, -0.2) is 27.7 Å². The topological polar surface area (TPSA) is 49.2 Å². The molecule has 0 aliphatic heterocycles. The first-order valence-corrected chi connectivity index (χ1v) is 8.43. The summed E-state index contributed by atoms with van der Waals surface area (Å²) >= 11 is 0. The Balaban J connectivity index is 2.44. The molecule has 2 rings (SSSR count). The number of anilines is 1. The van der Waals surface area contributed by atoms with Gasteiger partial charge in [-0.25, -0.2) is 9.97 Å². The van der Waals surface area contributed by atoms with Crippen LogP contribution >= 0.6 is 0 Å². The zero-order valence-electron chi connectivity index (χ0n) is 15.1. The predicted octanol–water partition coefficient (Wildman–Crippen LogP) is 4.46. The van der Waals surface area contributed by atoms with Crippen molar-refractivity contribution in [2.45, 2.75) is 45.3 Å². The molecule has 1 aromatic carbocycles. The highest BCUT2D eigenvalue weighted by molar-refractivity contribution is 5.40. The minimum Gasteiger partial charge on any atom is -0.392 e. The van der Waals surface area contributed by atoms with Gasteiger partial charge in [-0.1, -0.05) is 13.0 Å². The van der Waals surface area contributed by atoms with Crippen molar-refractivity contribution in [3.05, 3.63) is 52.8 Å². The van der Waals surface area contributed by atoms with Crippen LogP contribution in [0, 0.1) is 0 Å². The first kappa shape index (κ1) is 21.9. The molecule has 0 amide bonds. The molecule has 0 aliphatic carbocycles. The molecular weight excluding hydrogens is 388 g/mol. The first-order valence-electron chi connectivity index (χ1n) is 8.43.